The monoisotopic (exact) mass is 345 g/mol. The average molecular weight is 345 g/mol. The molecule has 2 rings (SSSR count). The molecule has 0 fully saturated rings. The first-order valence-electron chi connectivity index (χ1n) is 8.45. The van der Waals surface area contributed by atoms with Gasteiger partial charge in [-0.1, -0.05) is 25.1 Å². The number of nitrogens with one attached hydrogen (secondary N) is 1. The highest BCUT2D eigenvalue weighted by atomic mass is 19.1. The molecule has 1 amide bonds. The summed E-state index contributed by atoms with van der Waals surface area (Å²) in [6.45, 7) is 2.46. The summed E-state index contributed by atoms with van der Waals surface area (Å²) in [4.78, 5) is 12.3. The fourth-order valence-corrected chi connectivity index (χ4v) is 2.43. The van der Waals surface area contributed by atoms with Crippen molar-refractivity contribution in [1.29, 1.82) is 0 Å². The first-order chi connectivity index (χ1) is 12.1. The Hall–Kier alpha value is -2.56. The first-order valence-corrected chi connectivity index (χ1v) is 8.45. The predicted molar refractivity (Wildman–Crippen MR) is 95.4 cm³/mol. The lowest BCUT2D eigenvalue weighted by Crippen LogP contribution is -2.38. The second-order valence-electron chi connectivity index (χ2n) is 5.71. The van der Waals surface area contributed by atoms with E-state index in [4.69, 9.17) is 9.47 Å². The Labute approximate surface area is 148 Å². The standard InChI is InChI=1S/C20H24FNO3/c1-3-19(25-18-8-4-7-17(14-18)24-2)20(23)22-13-5-6-15-9-11-16(21)12-10-15/h4,7-12,14,19H,3,5-6,13H2,1-2H3,(H,22,23)/t19-/m0/s1. The highest BCUT2D eigenvalue weighted by Gasteiger charge is 2.18. The molecule has 0 heterocycles. The van der Waals surface area contributed by atoms with Crippen molar-refractivity contribution in [3.63, 3.8) is 0 Å². The molecule has 0 bridgehead atoms. The van der Waals surface area contributed by atoms with Gasteiger partial charge in [0, 0.05) is 12.6 Å². The van der Waals surface area contributed by atoms with Crippen molar-refractivity contribution in [2.45, 2.75) is 32.3 Å². The van der Waals surface area contributed by atoms with Crippen molar-refractivity contribution >= 4 is 5.91 Å². The summed E-state index contributed by atoms with van der Waals surface area (Å²) >= 11 is 0. The van der Waals surface area contributed by atoms with Crippen LogP contribution in [0, 0.1) is 5.82 Å². The maximum absolute atomic E-state index is 12.9. The zero-order valence-electron chi connectivity index (χ0n) is 14.6. The summed E-state index contributed by atoms with van der Waals surface area (Å²) in [6, 6.07) is 13.6. The molecule has 2 aromatic carbocycles. The molecule has 0 aromatic heterocycles. The van der Waals surface area contributed by atoms with Crippen LogP contribution in [-0.2, 0) is 11.2 Å². The summed E-state index contributed by atoms with van der Waals surface area (Å²) in [5.74, 6) is 0.918. The van der Waals surface area contributed by atoms with Gasteiger partial charge in [-0.2, -0.15) is 0 Å². The van der Waals surface area contributed by atoms with Crippen LogP contribution in [-0.4, -0.2) is 25.7 Å². The number of hydrogen-bond donors (Lipinski definition) is 1. The number of carbonyl (C=O) groups is 1. The molecule has 1 atom stereocenters. The molecule has 5 heteroatoms. The van der Waals surface area contributed by atoms with Gasteiger partial charge < -0.3 is 14.8 Å². The topological polar surface area (TPSA) is 47.6 Å². The third-order valence-electron chi connectivity index (χ3n) is 3.84. The van der Waals surface area contributed by atoms with E-state index in [0.717, 1.165) is 18.4 Å². The zero-order chi connectivity index (χ0) is 18.1. The minimum absolute atomic E-state index is 0.135. The van der Waals surface area contributed by atoms with Crippen LogP contribution in [0.3, 0.4) is 0 Å². The van der Waals surface area contributed by atoms with E-state index >= 15 is 0 Å². The number of hydrogen-bond acceptors (Lipinski definition) is 3. The van der Waals surface area contributed by atoms with Crippen LogP contribution < -0.4 is 14.8 Å². The fraction of sp³-hybridized carbons (Fsp3) is 0.350. The third-order valence-corrected chi connectivity index (χ3v) is 3.84. The van der Waals surface area contributed by atoms with Crippen LogP contribution >= 0.6 is 0 Å². The minimum Gasteiger partial charge on any atom is -0.497 e. The Bertz CT molecular complexity index is 673. The molecular formula is C20H24FNO3. The van der Waals surface area contributed by atoms with Gasteiger partial charge in [0.05, 0.1) is 7.11 Å². The number of amides is 1. The van der Waals surface area contributed by atoms with Gasteiger partial charge in [0.2, 0.25) is 0 Å². The van der Waals surface area contributed by atoms with Gasteiger partial charge in [-0.25, -0.2) is 4.39 Å². The quantitative estimate of drug-likeness (QED) is 0.704. The number of aryl methyl sites for hydroxylation is 1. The zero-order valence-corrected chi connectivity index (χ0v) is 14.6. The van der Waals surface area contributed by atoms with Gasteiger partial charge >= 0.3 is 0 Å². The minimum atomic E-state index is -0.544. The molecule has 0 unspecified atom stereocenters. The van der Waals surface area contributed by atoms with E-state index in [1.54, 1.807) is 31.4 Å². The number of halogens is 1. The van der Waals surface area contributed by atoms with E-state index in [-0.39, 0.29) is 11.7 Å². The molecule has 0 aliphatic heterocycles. The molecule has 0 saturated carbocycles. The van der Waals surface area contributed by atoms with E-state index < -0.39 is 6.10 Å². The van der Waals surface area contributed by atoms with Crippen molar-refractivity contribution in [2.75, 3.05) is 13.7 Å². The summed E-state index contributed by atoms with van der Waals surface area (Å²) in [5.41, 5.74) is 1.05. The maximum Gasteiger partial charge on any atom is 0.261 e. The lowest BCUT2D eigenvalue weighted by atomic mass is 10.1. The Kier molecular flexibility index (Phi) is 7.26. The molecule has 25 heavy (non-hydrogen) atoms. The van der Waals surface area contributed by atoms with E-state index in [9.17, 15) is 9.18 Å². The van der Waals surface area contributed by atoms with Crippen LogP contribution in [0.2, 0.25) is 0 Å². The number of ether oxygens (including phenoxy) is 2. The largest absolute Gasteiger partial charge is 0.497 e. The average Bonchev–Trinajstić information content (AvgIpc) is 2.64. The summed E-state index contributed by atoms with van der Waals surface area (Å²) in [5, 5.41) is 2.89. The van der Waals surface area contributed by atoms with Crippen LogP contribution in [0.15, 0.2) is 48.5 Å². The summed E-state index contributed by atoms with van der Waals surface area (Å²) in [6.07, 6.45) is 1.60. The summed E-state index contributed by atoms with van der Waals surface area (Å²) < 4.78 is 23.8. The molecule has 0 spiro atoms. The van der Waals surface area contributed by atoms with Crippen LogP contribution in [0.1, 0.15) is 25.3 Å². The summed E-state index contributed by atoms with van der Waals surface area (Å²) in [7, 11) is 1.59. The van der Waals surface area contributed by atoms with Gasteiger partial charge in [0.1, 0.15) is 17.3 Å². The lowest BCUT2D eigenvalue weighted by molar-refractivity contribution is -0.128. The van der Waals surface area contributed by atoms with Crippen LogP contribution in [0.25, 0.3) is 0 Å². The molecule has 0 aliphatic rings. The number of rotatable bonds is 9. The smallest absolute Gasteiger partial charge is 0.261 e. The van der Waals surface area contributed by atoms with Crippen LogP contribution in [0.4, 0.5) is 4.39 Å². The normalized spacial score (nSPS) is 11.6. The van der Waals surface area contributed by atoms with Gasteiger partial charge in [-0.3, -0.25) is 4.79 Å². The van der Waals surface area contributed by atoms with Crippen molar-refractivity contribution in [3.8, 4) is 11.5 Å². The third kappa shape index (κ3) is 6.10. The molecule has 134 valence electrons. The van der Waals surface area contributed by atoms with E-state index in [0.29, 0.717) is 24.5 Å². The van der Waals surface area contributed by atoms with E-state index in [1.807, 2.05) is 19.1 Å². The van der Waals surface area contributed by atoms with E-state index in [2.05, 4.69) is 5.32 Å². The fourth-order valence-electron chi connectivity index (χ4n) is 2.43. The molecule has 4 nitrogen and oxygen atoms in total. The number of carbonyl (C=O) groups excluding carboxylic acids is 1. The number of benzene rings is 2. The van der Waals surface area contributed by atoms with Crippen molar-refractivity contribution in [2.24, 2.45) is 0 Å². The molecule has 0 radical (unpaired) electrons. The van der Waals surface area contributed by atoms with Crippen molar-refractivity contribution in [1.82, 2.24) is 5.32 Å². The van der Waals surface area contributed by atoms with Crippen molar-refractivity contribution < 1.29 is 18.7 Å². The second-order valence-corrected chi connectivity index (χ2v) is 5.71. The molecule has 2 aromatic rings. The SMILES string of the molecule is CC[C@H](Oc1cccc(OC)c1)C(=O)NCCCc1ccc(F)cc1. The highest BCUT2D eigenvalue weighted by Crippen LogP contribution is 2.20. The van der Waals surface area contributed by atoms with Crippen LogP contribution in [0.5, 0.6) is 11.5 Å². The highest BCUT2D eigenvalue weighted by molar-refractivity contribution is 5.81. The molecular weight excluding hydrogens is 321 g/mol. The number of methoxy groups -OCH3 is 1. The maximum atomic E-state index is 12.9. The van der Waals surface area contributed by atoms with Gasteiger partial charge in [0.15, 0.2) is 6.10 Å². The van der Waals surface area contributed by atoms with Gasteiger partial charge in [0.25, 0.3) is 5.91 Å². The predicted octanol–water partition coefficient (Wildman–Crippen LogP) is 3.74. The molecule has 1 N–H and O–H groups in total. The first kappa shape index (κ1) is 18.8. The Morgan fingerprint density at radius 3 is 2.56 bits per heavy atom. The Morgan fingerprint density at radius 2 is 1.88 bits per heavy atom. The second kappa shape index (κ2) is 9.67. The Balaban J connectivity index is 1.78. The van der Waals surface area contributed by atoms with Gasteiger partial charge in [-0.05, 0) is 49.1 Å². The Morgan fingerprint density at radius 1 is 1.16 bits per heavy atom. The molecule has 0 aliphatic carbocycles. The van der Waals surface area contributed by atoms with Gasteiger partial charge in [-0.15, -0.1) is 0 Å². The molecule has 0 saturated heterocycles. The van der Waals surface area contributed by atoms with E-state index in [1.165, 1.54) is 12.1 Å². The van der Waals surface area contributed by atoms with Crippen molar-refractivity contribution in [3.05, 3.63) is 59.9 Å². The lowest BCUT2D eigenvalue weighted by Gasteiger charge is -2.17.